The molecule has 0 aliphatic carbocycles. The molecule has 0 radical (unpaired) electrons. The third kappa shape index (κ3) is 3.43. The van der Waals surface area contributed by atoms with Gasteiger partial charge in [-0.2, -0.15) is 0 Å². The van der Waals surface area contributed by atoms with Crippen molar-refractivity contribution in [2.75, 3.05) is 7.11 Å². The van der Waals surface area contributed by atoms with E-state index in [0.717, 1.165) is 0 Å². The van der Waals surface area contributed by atoms with E-state index in [1.165, 1.54) is 7.11 Å². The second-order valence-corrected chi connectivity index (χ2v) is 0.483. The molecule has 0 spiro atoms. The number of rotatable bonds is 2. The summed E-state index contributed by atoms with van der Waals surface area (Å²) in [4.78, 5) is 4.27. The van der Waals surface area contributed by atoms with E-state index in [2.05, 4.69) is 22.2 Å². The lowest BCUT2D eigenvalue weighted by Gasteiger charge is -1.78. The third-order valence-corrected chi connectivity index (χ3v) is 0.174. The van der Waals surface area contributed by atoms with Crippen molar-refractivity contribution in [3.8, 4) is 0 Å². The minimum absolute atomic E-state index is 1.50. The van der Waals surface area contributed by atoms with Gasteiger partial charge in [-0.25, -0.2) is 4.84 Å². The molecular weight excluding hydrogens is 68.0 g/mol. The van der Waals surface area contributed by atoms with Crippen LogP contribution < -0.4 is 10.7 Å². The van der Waals surface area contributed by atoms with E-state index in [1.807, 2.05) is 0 Å². The molecule has 0 amide bonds. The van der Waals surface area contributed by atoms with E-state index in [0.29, 0.717) is 0 Å². The number of nitrogens with one attached hydrogen (secondary N) is 2. The molecule has 2 N–H and O–H groups in total. The highest BCUT2D eigenvalue weighted by Gasteiger charge is 1.57. The van der Waals surface area contributed by atoms with Crippen molar-refractivity contribution < 1.29 is 9.94 Å². The van der Waals surface area contributed by atoms with Gasteiger partial charge in [-0.3, -0.25) is 0 Å². The zero-order valence-corrected chi connectivity index (χ0v) is 3.12. The highest BCUT2D eigenvalue weighted by Crippen LogP contribution is 1.25. The Labute approximate surface area is 30.6 Å². The molecule has 0 atom stereocenters. The number of hydrogen-bond acceptors (Lipinski definition) is 2. The van der Waals surface area contributed by atoms with Crippen LogP contribution >= 0.6 is 0 Å². The standard InChI is InChI=1S/C2H6N2O/c1-3-4-5-2/h4H,1H2,2H3/p+1. The fourth-order valence-electron chi connectivity index (χ4n) is 0.0722. The molecule has 5 heavy (non-hydrogen) atoms. The van der Waals surface area contributed by atoms with E-state index in [9.17, 15) is 0 Å². The molecule has 0 aromatic rings. The highest BCUT2D eigenvalue weighted by molar-refractivity contribution is 5.11. The minimum atomic E-state index is 1.50. The normalized spacial score (nSPS) is 6.60. The highest BCUT2D eigenvalue weighted by atomic mass is 16.7. The van der Waals surface area contributed by atoms with Crippen molar-refractivity contribution >= 4 is 6.72 Å². The molecule has 0 rings (SSSR count). The quantitative estimate of drug-likeness (QED) is 0.289. The third-order valence-electron chi connectivity index (χ3n) is 0.174. The molecule has 0 fully saturated rings. The molecular formula is C2H7N2O+. The summed E-state index contributed by atoms with van der Waals surface area (Å²) < 4.78 is 0. The van der Waals surface area contributed by atoms with Gasteiger partial charge in [0.25, 0.3) is 0 Å². The topological polar surface area (TPSA) is 35.2 Å². The first-order valence-electron chi connectivity index (χ1n) is 1.22. The first-order chi connectivity index (χ1) is 2.41. The smallest absolute Gasteiger partial charge is 0.157 e. The fraction of sp³-hybridized carbons (Fsp3) is 0.500. The van der Waals surface area contributed by atoms with Crippen LogP contribution in [0.3, 0.4) is 0 Å². The molecule has 0 aromatic carbocycles. The average molecular weight is 75.1 g/mol. The van der Waals surface area contributed by atoms with Crippen molar-refractivity contribution in [3.05, 3.63) is 0 Å². The van der Waals surface area contributed by atoms with Gasteiger partial charge in [0.1, 0.15) is 0 Å². The van der Waals surface area contributed by atoms with Gasteiger partial charge in [-0.1, -0.05) is 5.59 Å². The Bertz CT molecular complexity index is 28.8. The van der Waals surface area contributed by atoms with Crippen LogP contribution in [0.2, 0.25) is 0 Å². The van der Waals surface area contributed by atoms with Crippen LogP contribution in [0.25, 0.3) is 0 Å². The predicted octanol–water partition coefficient (Wildman–Crippen LogP) is -2.17. The predicted molar refractivity (Wildman–Crippen MR) is 18.2 cm³/mol. The van der Waals surface area contributed by atoms with Crippen molar-refractivity contribution in [3.63, 3.8) is 0 Å². The Morgan fingerprint density at radius 2 is 2.60 bits per heavy atom. The molecule has 0 saturated heterocycles. The zero-order valence-electron chi connectivity index (χ0n) is 3.12. The van der Waals surface area contributed by atoms with E-state index in [1.54, 1.807) is 0 Å². The monoisotopic (exact) mass is 75.1 g/mol. The van der Waals surface area contributed by atoms with Gasteiger partial charge < -0.3 is 0 Å². The fourth-order valence-corrected chi connectivity index (χ4v) is 0.0722. The molecule has 0 saturated carbocycles. The summed E-state index contributed by atoms with van der Waals surface area (Å²) in [5.74, 6) is 0. The second kappa shape index (κ2) is 3.43. The van der Waals surface area contributed by atoms with E-state index >= 15 is 0 Å². The Balaban J connectivity index is 2.40. The Morgan fingerprint density at radius 1 is 2.00 bits per heavy atom. The molecule has 0 aliphatic rings. The van der Waals surface area contributed by atoms with Crippen molar-refractivity contribution in [1.82, 2.24) is 5.59 Å². The maximum Gasteiger partial charge on any atom is 0.157 e. The Hall–Kier alpha value is -0.570. The summed E-state index contributed by atoms with van der Waals surface area (Å²) in [7, 11) is 1.50. The SMILES string of the molecule is C=[NH+]NOC. The van der Waals surface area contributed by atoms with E-state index in [4.69, 9.17) is 0 Å². The van der Waals surface area contributed by atoms with Crippen LogP contribution in [0.1, 0.15) is 0 Å². The lowest BCUT2D eigenvalue weighted by Crippen LogP contribution is -2.77. The second-order valence-electron chi connectivity index (χ2n) is 0.483. The van der Waals surface area contributed by atoms with Crippen LogP contribution in [0.4, 0.5) is 0 Å². The number of hydrogen-bond donors (Lipinski definition) is 2. The Kier molecular flexibility index (Phi) is 3.04. The summed E-state index contributed by atoms with van der Waals surface area (Å²) in [6.45, 7) is 3.19. The minimum Gasteiger partial charge on any atom is -0.232 e. The van der Waals surface area contributed by atoms with Crippen molar-refractivity contribution in [1.29, 1.82) is 0 Å². The molecule has 0 unspecified atom stereocenters. The summed E-state index contributed by atoms with van der Waals surface area (Å²) in [5.41, 5.74) is 2.25. The number of hydrazine groups is 1. The molecule has 0 heterocycles. The van der Waals surface area contributed by atoms with Crippen LogP contribution in [0, 0.1) is 0 Å². The summed E-state index contributed by atoms with van der Waals surface area (Å²) in [6, 6.07) is 0. The maximum absolute atomic E-state index is 4.27. The van der Waals surface area contributed by atoms with Crippen molar-refractivity contribution in [2.45, 2.75) is 0 Å². The molecule has 0 aliphatic heterocycles. The van der Waals surface area contributed by atoms with Gasteiger partial charge in [0.15, 0.2) is 6.72 Å². The van der Waals surface area contributed by atoms with Gasteiger partial charge >= 0.3 is 0 Å². The Morgan fingerprint density at radius 3 is 2.60 bits per heavy atom. The van der Waals surface area contributed by atoms with Crippen LogP contribution in [0.5, 0.6) is 0 Å². The average Bonchev–Trinajstić information content (AvgIpc) is 1.41. The van der Waals surface area contributed by atoms with Gasteiger partial charge in [0, 0.05) is 0 Å². The zero-order chi connectivity index (χ0) is 4.12. The maximum atomic E-state index is 4.27. The van der Waals surface area contributed by atoms with Crippen LogP contribution in [-0.4, -0.2) is 13.8 Å². The summed E-state index contributed by atoms with van der Waals surface area (Å²) in [5, 5.41) is 2.30. The summed E-state index contributed by atoms with van der Waals surface area (Å²) in [6.07, 6.45) is 0. The molecule has 30 valence electrons. The first kappa shape index (κ1) is 4.43. The molecule has 3 nitrogen and oxygen atoms in total. The summed E-state index contributed by atoms with van der Waals surface area (Å²) >= 11 is 0. The van der Waals surface area contributed by atoms with Crippen LogP contribution in [-0.2, 0) is 4.84 Å². The van der Waals surface area contributed by atoms with Gasteiger partial charge in [-0.05, 0) is 0 Å². The van der Waals surface area contributed by atoms with Gasteiger partial charge in [0.2, 0.25) is 0 Å². The number of hydrazone groups is 1. The first-order valence-corrected chi connectivity index (χ1v) is 1.22. The van der Waals surface area contributed by atoms with Gasteiger partial charge in [0.05, 0.1) is 7.11 Å². The lowest BCUT2D eigenvalue weighted by atomic mass is 11.7. The van der Waals surface area contributed by atoms with Gasteiger partial charge in [-0.15, -0.1) is 5.10 Å². The van der Waals surface area contributed by atoms with Crippen LogP contribution in [0.15, 0.2) is 0 Å². The lowest BCUT2D eigenvalue weighted by molar-refractivity contribution is -0.583. The molecule has 0 bridgehead atoms. The largest absolute Gasteiger partial charge is 0.232 e. The molecule has 0 aromatic heterocycles. The molecule has 3 heteroatoms. The van der Waals surface area contributed by atoms with E-state index in [-0.39, 0.29) is 0 Å². The van der Waals surface area contributed by atoms with E-state index < -0.39 is 0 Å². The van der Waals surface area contributed by atoms with Crippen molar-refractivity contribution in [2.24, 2.45) is 0 Å².